The molecule has 3 aromatic rings. The molecule has 1 aromatic heterocycles. The summed E-state index contributed by atoms with van der Waals surface area (Å²) in [4.78, 5) is 38.8. The van der Waals surface area contributed by atoms with Crippen LogP contribution < -0.4 is 10.6 Å². The molecule has 0 bridgehead atoms. The summed E-state index contributed by atoms with van der Waals surface area (Å²) in [5, 5.41) is 6.47. The minimum atomic E-state index is -0.845. The summed E-state index contributed by atoms with van der Waals surface area (Å²) in [6.45, 7) is 4.49. The first-order valence-electron chi connectivity index (χ1n) is 10.5. The van der Waals surface area contributed by atoms with Crippen molar-refractivity contribution in [3.8, 4) is 0 Å². The molecule has 1 atom stereocenters. The van der Waals surface area contributed by atoms with Crippen LogP contribution in [-0.4, -0.2) is 39.9 Å². The lowest BCUT2D eigenvalue weighted by atomic mass is 10.1. The van der Waals surface area contributed by atoms with Gasteiger partial charge in [0.05, 0.1) is 17.6 Å². The normalized spacial score (nSPS) is 16.2. The lowest BCUT2D eigenvalue weighted by molar-refractivity contribution is -0.129. The van der Waals surface area contributed by atoms with E-state index in [4.69, 9.17) is 0 Å². The molecule has 160 valence electrons. The van der Waals surface area contributed by atoms with Crippen LogP contribution in [0.5, 0.6) is 0 Å². The van der Waals surface area contributed by atoms with E-state index in [1.807, 2.05) is 60.8 Å². The van der Waals surface area contributed by atoms with E-state index in [1.54, 1.807) is 0 Å². The number of urea groups is 1. The number of nitrogens with one attached hydrogen (secondary N) is 2. The van der Waals surface area contributed by atoms with E-state index in [9.17, 15) is 14.4 Å². The van der Waals surface area contributed by atoms with Crippen LogP contribution in [0.3, 0.4) is 0 Å². The molecule has 0 spiro atoms. The van der Waals surface area contributed by atoms with Gasteiger partial charge in [0.1, 0.15) is 6.04 Å². The Labute approximate surface area is 181 Å². The second kappa shape index (κ2) is 8.63. The molecule has 31 heavy (non-hydrogen) atoms. The minimum absolute atomic E-state index is 0.103. The Morgan fingerprint density at radius 3 is 2.58 bits per heavy atom. The van der Waals surface area contributed by atoms with E-state index in [1.165, 1.54) is 4.90 Å². The van der Waals surface area contributed by atoms with Crippen molar-refractivity contribution < 1.29 is 14.4 Å². The van der Waals surface area contributed by atoms with E-state index in [0.29, 0.717) is 18.2 Å². The number of carbonyl (C=O) groups excluding carboxylic acids is 3. The van der Waals surface area contributed by atoms with E-state index in [0.717, 1.165) is 16.5 Å². The molecular weight excluding hydrogens is 392 g/mol. The Morgan fingerprint density at radius 1 is 1.06 bits per heavy atom. The summed E-state index contributed by atoms with van der Waals surface area (Å²) in [5.41, 5.74) is 2.77. The summed E-state index contributed by atoms with van der Waals surface area (Å²) in [5.74, 6) is -0.673. The predicted molar refractivity (Wildman–Crippen MR) is 120 cm³/mol. The fourth-order valence-corrected chi connectivity index (χ4v) is 3.95. The number of hydrogen-bond donors (Lipinski definition) is 2. The maximum Gasteiger partial charge on any atom is 0.324 e. The van der Waals surface area contributed by atoms with Crippen LogP contribution in [-0.2, 0) is 16.0 Å². The topological polar surface area (TPSA) is 83.4 Å². The van der Waals surface area contributed by atoms with Gasteiger partial charge in [0, 0.05) is 24.2 Å². The van der Waals surface area contributed by atoms with Gasteiger partial charge in [0.15, 0.2) is 0 Å². The van der Waals surface area contributed by atoms with Crippen molar-refractivity contribution in [2.45, 2.75) is 38.8 Å². The number of rotatable bonds is 7. The van der Waals surface area contributed by atoms with Gasteiger partial charge < -0.3 is 15.2 Å². The number of anilines is 1. The maximum absolute atomic E-state index is 12.7. The fraction of sp³-hybridized carbons (Fsp3) is 0.292. The number of nitrogens with zero attached hydrogens (tertiary/aromatic N) is 2. The second-order valence-corrected chi connectivity index (χ2v) is 8.03. The Hall–Kier alpha value is -3.61. The molecule has 0 saturated carbocycles. The number of carbonyl (C=O) groups is 3. The van der Waals surface area contributed by atoms with Crippen LogP contribution in [0.1, 0.15) is 31.9 Å². The van der Waals surface area contributed by atoms with Crippen LogP contribution >= 0.6 is 0 Å². The standard InChI is InChI=1S/C24H26N4O3/c1-16(2)27-14-12-18-19(9-6-10-21(18)27)25-22(29)15-20-23(30)28(24(31)26-20)13-11-17-7-4-3-5-8-17/h3-10,12,14,16,20H,11,13,15H2,1-2H3,(H,25,29)(H,26,31)/t20-/m1/s1. The SMILES string of the molecule is CC(C)n1ccc2c(NC(=O)C[C@H]3NC(=O)N(CCc4ccccc4)C3=O)cccc21. The fourth-order valence-electron chi connectivity index (χ4n) is 3.95. The number of benzene rings is 2. The van der Waals surface area contributed by atoms with Crippen molar-refractivity contribution in [3.63, 3.8) is 0 Å². The maximum atomic E-state index is 12.7. The van der Waals surface area contributed by atoms with Crippen LogP contribution in [0.15, 0.2) is 60.8 Å². The zero-order valence-electron chi connectivity index (χ0n) is 17.7. The number of amides is 4. The highest BCUT2D eigenvalue weighted by atomic mass is 16.2. The monoisotopic (exact) mass is 418 g/mol. The molecule has 2 heterocycles. The molecule has 0 aliphatic carbocycles. The van der Waals surface area contributed by atoms with Crippen molar-refractivity contribution in [3.05, 3.63) is 66.4 Å². The molecule has 0 radical (unpaired) electrons. The molecule has 2 N–H and O–H groups in total. The highest BCUT2D eigenvalue weighted by Crippen LogP contribution is 2.27. The molecule has 4 amide bonds. The molecule has 1 fully saturated rings. The van der Waals surface area contributed by atoms with Crippen molar-refractivity contribution in [1.29, 1.82) is 0 Å². The zero-order chi connectivity index (χ0) is 22.0. The lowest BCUT2D eigenvalue weighted by Gasteiger charge is -2.13. The Morgan fingerprint density at radius 2 is 1.84 bits per heavy atom. The molecule has 1 saturated heterocycles. The van der Waals surface area contributed by atoms with Gasteiger partial charge in [0.2, 0.25) is 5.91 Å². The lowest BCUT2D eigenvalue weighted by Crippen LogP contribution is -2.34. The van der Waals surface area contributed by atoms with Gasteiger partial charge in [-0.2, -0.15) is 0 Å². The highest BCUT2D eigenvalue weighted by Gasteiger charge is 2.38. The molecule has 7 heteroatoms. The van der Waals surface area contributed by atoms with Crippen LogP contribution in [0.25, 0.3) is 10.9 Å². The van der Waals surface area contributed by atoms with Crippen molar-refractivity contribution in [2.75, 3.05) is 11.9 Å². The number of fused-ring (bicyclic) bond motifs is 1. The number of imide groups is 1. The van der Waals surface area contributed by atoms with E-state index in [-0.39, 0.29) is 24.8 Å². The molecule has 7 nitrogen and oxygen atoms in total. The molecule has 4 rings (SSSR count). The Kier molecular flexibility index (Phi) is 5.75. The van der Waals surface area contributed by atoms with Gasteiger partial charge in [-0.25, -0.2) is 4.79 Å². The molecule has 1 aliphatic rings. The largest absolute Gasteiger partial charge is 0.345 e. The average Bonchev–Trinajstić information content (AvgIpc) is 3.29. The zero-order valence-corrected chi connectivity index (χ0v) is 17.7. The van der Waals surface area contributed by atoms with Gasteiger partial charge in [-0.1, -0.05) is 36.4 Å². The van der Waals surface area contributed by atoms with E-state index in [2.05, 4.69) is 29.0 Å². The summed E-state index contributed by atoms with van der Waals surface area (Å²) in [7, 11) is 0. The van der Waals surface area contributed by atoms with E-state index >= 15 is 0 Å². The van der Waals surface area contributed by atoms with Gasteiger partial charge >= 0.3 is 6.03 Å². The molecule has 1 aliphatic heterocycles. The van der Waals surface area contributed by atoms with Gasteiger partial charge in [-0.05, 0) is 44.0 Å². The molecule has 0 unspecified atom stereocenters. The number of aromatic nitrogens is 1. The van der Waals surface area contributed by atoms with Crippen LogP contribution in [0.4, 0.5) is 10.5 Å². The first-order chi connectivity index (χ1) is 14.9. The van der Waals surface area contributed by atoms with Gasteiger partial charge in [0.25, 0.3) is 5.91 Å². The van der Waals surface area contributed by atoms with Crippen molar-refractivity contribution in [2.24, 2.45) is 0 Å². The first-order valence-corrected chi connectivity index (χ1v) is 10.5. The van der Waals surface area contributed by atoms with Crippen LogP contribution in [0, 0.1) is 0 Å². The average molecular weight is 418 g/mol. The third kappa shape index (κ3) is 4.30. The van der Waals surface area contributed by atoms with Crippen molar-refractivity contribution >= 4 is 34.4 Å². The quantitative estimate of drug-likeness (QED) is 0.574. The molecular formula is C24H26N4O3. The third-order valence-electron chi connectivity index (χ3n) is 5.56. The van der Waals surface area contributed by atoms with Crippen molar-refractivity contribution in [1.82, 2.24) is 14.8 Å². The summed E-state index contributed by atoms with van der Waals surface area (Å²) in [6.07, 6.45) is 2.47. The Balaban J connectivity index is 1.39. The minimum Gasteiger partial charge on any atom is -0.345 e. The Bertz CT molecular complexity index is 1120. The molecule has 2 aromatic carbocycles. The highest BCUT2D eigenvalue weighted by molar-refractivity contribution is 6.08. The van der Waals surface area contributed by atoms with Crippen LogP contribution in [0.2, 0.25) is 0 Å². The third-order valence-corrected chi connectivity index (χ3v) is 5.56. The van der Waals surface area contributed by atoms with Gasteiger partial charge in [-0.3, -0.25) is 14.5 Å². The van der Waals surface area contributed by atoms with Gasteiger partial charge in [-0.15, -0.1) is 0 Å². The number of hydrogen-bond acceptors (Lipinski definition) is 3. The van der Waals surface area contributed by atoms with E-state index < -0.39 is 12.1 Å². The predicted octanol–water partition coefficient (Wildman–Crippen LogP) is 3.71. The summed E-state index contributed by atoms with van der Waals surface area (Å²) >= 11 is 0. The smallest absolute Gasteiger partial charge is 0.324 e. The summed E-state index contributed by atoms with van der Waals surface area (Å²) in [6, 6.07) is 16.4. The first kappa shape index (κ1) is 20.7. The second-order valence-electron chi connectivity index (χ2n) is 8.03. The summed E-state index contributed by atoms with van der Waals surface area (Å²) < 4.78 is 2.14.